The first kappa shape index (κ1) is 14.8. The highest BCUT2D eigenvalue weighted by molar-refractivity contribution is 7.92. The first-order valence-corrected chi connectivity index (χ1v) is 8.18. The van der Waals surface area contributed by atoms with Crippen LogP contribution in [0.4, 0.5) is 0 Å². The molecule has 1 aromatic carbocycles. The minimum absolute atomic E-state index is 0.101. The van der Waals surface area contributed by atoms with Gasteiger partial charge in [-0.05, 0) is 32.4 Å². The summed E-state index contributed by atoms with van der Waals surface area (Å²) in [5.74, 6) is -0.101. The standard InChI is InChI=1S/C15H19NO3S/c1-12(2)10-15(17)16-9-8-14(11-16)20(18,19)13-6-4-3-5-7-13/h3-7,10,14H,8-9,11H2,1-2H3. The number of carbonyl (C=O) groups is 1. The third kappa shape index (κ3) is 3.10. The van der Waals surface area contributed by atoms with Crippen molar-refractivity contribution < 1.29 is 13.2 Å². The van der Waals surface area contributed by atoms with Gasteiger partial charge in [0.2, 0.25) is 5.91 Å². The smallest absolute Gasteiger partial charge is 0.246 e. The normalized spacial score (nSPS) is 18.9. The van der Waals surface area contributed by atoms with Gasteiger partial charge >= 0.3 is 0 Å². The van der Waals surface area contributed by atoms with Crippen molar-refractivity contribution in [3.8, 4) is 0 Å². The molecule has 0 saturated carbocycles. The van der Waals surface area contributed by atoms with Gasteiger partial charge in [-0.25, -0.2) is 8.42 Å². The maximum absolute atomic E-state index is 12.5. The zero-order chi connectivity index (χ0) is 14.8. The molecule has 1 amide bonds. The van der Waals surface area contributed by atoms with Crippen molar-refractivity contribution in [2.24, 2.45) is 0 Å². The van der Waals surface area contributed by atoms with Gasteiger partial charge in [0.25, 0.3) is 0 Å². The van der Waals surface area contributed by atoms with Gasteiger partial charge in [-0.15, -0.1) is 0 Å². The molecule has 0 radical (unpaired) electrons. The summed E-state index contributed by atoms with van der Waals surface area (Å²) in [6.07, 6.45) is 2.05. The Balaban J connectivity index is 2.14. The lowest BCUT2D eigenvalue weighted by atomic mass is 10.3. The van der Waals surface area contributed by atoms with E-state index in [4.69, 9.17) is 0 Å². The van der Waals surface area contributed by atoms with E-state index in [1.54, 1.807) is 41.3 Å². The monoisotopic (exact) mass is 293 g/mol. The van der Waals surface area contributed by atoms with Crippen molar-refractivity contribution in [3.63, 3.8) is 0 Å². The second-order valence-electron chi connectivity index (χ2n) is 5.27. The maximum Gasteiger partial charge on any atom is 0.246 e. The molecule has 1 heterocycles. The molecular weight excluding hydrogens is 274 g/mol. The predicted molar refractivity (Wildman–Crippen MR) is 78.0 cm³/mol. The Morgan fingerprint density at radius 2 is 1.90 bits per heavy atom. The third-order valence-electron chi connectivity index (χ3n) is 3.38. The van der Waals surface area contributed by atoms with Gasteiger partial charge in [0, 0.05) is 19.2 Å². The fraction of sp³-hybridized carbons (Fsp3) is 0.400. The number of rotatable bonds is 3. The highest BCUT2D eigenvalue weighted by atomic mass is 32.2. The SMILES string of the molecule is CC(C)=CC(=O)N1CCC(S(=O)(=O)c2ccccc2)C1. The Morgan fingerprint density at radius 3 is 2.50 bits per heavy atom. The molecule has 1 fully saturated rings. The number of sulfone groups is 1. The molecule has 0 aliphatic carbocycles. The van der Waals surface area contributed by atoms with E-state index >= 15 is 0 Å². The van der Waals surface area contributed by atoms with Gasteiger partial charge in [0.1, 0.15) is 0 Å². The molecule has 108 valence electrons. The Labute approximate surface area is 120 Å². The van der Waals surface area contributed by atoms with E-state index in [1.165, 1.54) is 0 Å². The second-order valence-corrected chi connectivity index (χ2v) is 7.50. The van der Waals surface area contributed by atoms with Gasteiger partial charge in [-0.2, -0.15) is 0 Å². The highest BCUT2D eigenvalue weighted by Crippen LogP contribution is 2.24. The minimum Gasteiger partial charge on any atom is -0.338 e. The zero-order valence-corrected chi connectivity index (χ0v) is 12.6. The summed E-state index contributed by atoms with van der Waals surface area (Å²) in [4.78, 5) is 13.9. The Morgan fingerprint density at radius 1 is 1.25 bits per heavy atom. The summed E-state index contributed by atoms with van der Waals surface area (Å²) in [5.41, 5.74) is 0.921. The fourth-order valence-corrected chi connectivity index (χ4v) is 4.04. The number of likely N-dealkylation sites (tertiary alicyclic amines) is 1. The molecule has 0 spiro atoms. The van der Waals surface area contributed by atoms with Crippen LogP contribution in [0.15, 0.2) is 46.9 Å². The molecule has 2 rings (SSSR count). The van der Waals surface area contributed by atoms with Crippen molar-refractivity contribution in [1.82, 2.24) is 4.90 Å². The summed E-state index contributed by atoms with van der Waals surface area (Å²) in [7, 11) is -3.35. The van der Waals surface area contributed by atoms with Gasteiger partial charge in [0.05, 0.1) is 10.1 Å². The van der Waals surface area contributed by atoms with Crippen molar-refractivity contribution in [2.45, 2.75) is 30.4 Å². The van der Waals surface area contributed by atoms with Crippen LogP contribution in [0.3, 0.4) is 0 Å². The summed E-state index contributed by atoms with van der Waals surface area (Å²) in [5, 5.41) is -0.501. The van der Waals surface area contributed by atoms with Gasteiger partial charge in [0.15, 0.2) is 9.84 Å². The quantitative estimate of drug-likeness (QED) is 0.801. The van der Waals surface area contributed by atoms with Crippen LogP contribution in [0.5, 0.6) is 0 Å². The topological polar surface area (TPSA) is 54.5 Å². The van der Waals surface area contributed by atoms with E-state index in [1.807, 2.05) is 13.8 Å². The van der Waals surface area contributed by atoms with E-state index in [0.29, 0.717) is 17.9 Å². The second kappa shape index (κ2) is 5.79. The Hall–Kier alpha value is -1.62. The van der Waals surface area contributed by atoms with Crippen molar-refractivity contribution in [2.75, 3.05) is 13.1 Å². The lowest BCUT2D eigenvalue weighted by molar-refractivity contribution is -0.125. The molecule has 0 bridgehead atoms. The maximum atomic E-state index is 12.5. The molecule has 0 aromatic heterocycles. The van der Waals surface area contributed by atoms with Gasteiger partial charge in [-0.1, -0.05) is 23.8 Å². The van der Waals surface area contributed by atoms with E-state index in [2.05, 4.69) is 0 Å². The third-order valence-corrected chi connectivity index (χ3v) is 5.57. The number of hydrogen-bond donors (Lipinski definition) is 0. The van der Waals surface area contributed by atoms with Crippen LogP contribution in [-0.2, 0) is 14.6 Å². The number of benzene rings is 1. The van der Waals surface area contributed by atoms with Crippen LogP contribution < -0.4 is 0 Å². The molecule has 1 saturated heterocycles. The molecule has 1 aromatic rings. The molecule has 1 unspecified atom stereocenters. The number of carbonyl (C=O) groups excluding carboxylic acids is 1. The molecule has 1 aliphatic rings. The first-order chi connectivity index (χ1) is 9.41. The van der Waals surface area contributed by atoms with Crippen LogP contribution >= 0.6 is 0 Å². The van der Waals surface area contributed by atoms with E-state index in [-0.39, 0.29) is 12.5 Å². The van der Waals surface area contributed by atoms with Gasteiger partial charge < -0.3 is 4.90 Å². The highest BCUT2D eigenvalue weighted by Gasteiger charge is 2.35. The van der Waals surface area contributed by atoms with Crippen LogP contribution in [-0.4, -0.2) is 37.6 Å². The molecule has 1 atom stereocenters. The largest absolute Gasteiger partial charge is 0.338 e. The number of nitrogens with zero attached hydrogens (tertiary/aromatic N) is 1. The number of hydrogen-bond acceptors (Lipinski definition) is 3. The first-order valence-electron chi connectivity index (χ1n) is 6.64. The lowest BCUT2D eigenvalue weighted by Crippen LogP contribution is -2.30. The van der Waals surface area contributed by atoms with Crippen LogP contribution in [0, 0.1) is 0 Å². The predicted octanol–water partition coefficient (Wildman–Crippen LogP) is 2.03. The van der Waals surface area contributed by atoms with Gasteiger partial charge in [-0.3, -0.25) is 4.79 Å². The average molecular weight is 293 g/mol. The molecule has 4 nitrogen and oxygen atoms in total. The number of amides is 1. The van der Waals surface area contributed by atoms with Crippen molar-refractivity contribution >= 4 is 15.7 Å². The molecule has 1 aliphatic heterocycles. The van der Waals surface area contributed by atoms with E-state index < -0.39 is 15.1 Å². The van der Waals surface area contributed by atoms with E-state index in [9.17, 15) is 13.2 Å². The van der Waals surface area contributed by atoms with Crippen LogP contribution in [0.1, 0.15) is 20.3 Å². The van der Waals surface area contributed by atoms with E-state index in [0.717, 1.165) is 5.57 Å². The van der Waals surface area contributed by atoms with Crippen molar-refractivity contribution in [3.05, 3.63) is 42.0 Å². The summed E-state index contributed by atoms with van der Waals surface area (Å²) >= 11 is 0. The lowest BCUT2D eigenvalue weighted by Gasteiger charge is -2.15. The van der Waals surface area contributed by atoms with Crippen LogP contribution in [0.2, 0.25) is 0 Å². The summed E-state index contributed by atoms with van der Waals surface area (Å²) in [6.45, 7) is 4.48. The minimum atomic E-state index is -3.35. The molecular formula is C15H19NO3S. The Kier molecular flexibility index (Phi) is 4.28. The fourth-order valence-electron chi connectivity index (χ4n) is 2.32. The van der Waals surface area contributed by atoms with Crippen molar-refractivity contribution in [1.29, 1.82) is 0 Å². The van der Waals surface area contributed by atoms with Crippen LogP contribution in [0.25, 0.3) is 0 Å². The Bertz CT molecular complexity index is 616. The average Bonchev–Trinajstić information content (AvgIpc) is 2.89. The molecule has 5 heteroatoms. The molecule has 0 N–H and O–H groups in total. The number of allylic oxidation sites excluding steroid dienone is 1. The zero-order valence-electron chi connectivity index (χ0n) is 11.7. The molecule has 20 heavy (non-hydrogen) atoms. The summed E-state index contributed by atoms with van der Waals surface area (Å²) in [6, 6.07) is 8.44. The summed E-state index contributed by atoms with van der Waals surface area (Å²) < 4.78 is 24.9.